The highest BCUT2D eigenvalue weighted by molar-refractivity contribution is 6.31. The molecule has 1 aromatic heterocycles. The maximum Gasteiger partial charge on any atom is 0.522 e. The van der Waals surface area contributed by atoms with Gasteiger partial charge in [0.15, 0.2) is 6.61 Å². The molecule has 1 aliphatic carbocycles. The summed E-state index contributed by atoms with van der Waals surface area (Å²) in [7, 11) is 0. The second kappa shape index (κ2) is 12.5. The van der Waals surface area contributed by atoms with Crippen molar-refractivity contribution in [2.45, 2.75) is 76.2 Å². The van der Waals surface area contributed by atoms with Crippen LogP contribution in [0.3, 0.4) is 0 Å². The highest BCUT2D eigenvalue weighted by atomic mass is 35.5. The second-order valence-corrected chi connectivity index (χ2v) is 8.97. The zero-order valence-electron chi connectivity index (χ0n) is 20.5. The predicted molar refractivity (Wildman–Crippen MR) is 122 cm³/mol. The van der Waals surface area contributed by atoms with Gasteiger partial charge < -0.3 is 19.8 Å². The van der Waals surface area contributed by atoms with Gasteiger partial charge in [0, 0.05) is 18.5 Å². The van der Waals surface area contributed by atoms with E-state index in [-0.39, 0.29) is 42.5 Å². The number of hydrogen-bond donors (Lipinski definition) is 2. The van der Waals surface area contributed by atoms with Crippen LogP contribution in [0.4, 0.5) is 26.3 Å². The summed E-state index contributed by atoms with van der Waals surface area (Å²) in [5.41, 5.74) is -0.996. The topological polar surface area (TPSA) is 98.5 Å². The summed E-state index contributed by atoms with van der Waals surface area (Å²) in [5, 5.41) is 13.3. The molecule has 2 atom stereocenters. The van der Waals surface area contributed by atoms with Gasteiger partial charge in [-0.1, -0.05) is 25.4 Å². The largest absolute Gasteiger partial charge is 0.522 e. The van der Waals surface area contributed by atoms with Crippen LogP contribution in [0, 0.1) is 0 Å². The first-order valence-electron chi connectivity index (χ1n) is 12.0. The van der Waals surface area contributed by atoms with Crippen LogP contribution in [-0.2, 0) is 15.7 Å². The minimum absolute atomic E-state index is 0.0277. The van der Waals surface area contributed by atoms with E-state index in [0.29, 0.717) is 25.3 Å². The molecule has 0 spiro atoms. The van der Waals surface area contributed by atoms with Gasteiger partial charge in [-0.2, -0.15) is 13.2 Å². The molecule has 1 saturated heterocycles. The van der Waals surface area contributed by atoms with E-state index < -0.39 is 41.7 Å². The summed E-state index contributed by atoms with van der Waals surface area (Å²) < 4.78 is 89.9. The molecule has 0 radical (unpaired) electrons. The zero-order valence-corrected chi connectivity index (χ0v) is 21.2. The Morgan fingerprint density at radius 3 is 2.39 bits per heavy atom. The SMILES string of the molecule is CC.O=C(COc1ccc(C(F)(F)F)c(Cl)c1)N[C@H]1CCC(c2nnc(C3CC(OC(F)(F)F)C3)o2)NC1. The molecule has 1 unspecified atom stereocenters. The molecule has 15 heteroatoms. The lowest BCUT2D eigenvalue weighted by atomic mass is 9.82. The lowest BCUT2D eigenvalue weighted by Crippen LogP contribution is -2.48. The van der Waals surface area contributed by atoms with Gasteiger partial charge in [0.1, 0.15) is 5.75 Å². The Balaban J connectivity index is 0.00000195. The van der Waals surface area contributed by atoms with Crippen molar-refractivity contribution in [3.63, 3.8) is 0 Å². The Kier molecular flexibility index (Phi) is 9.87. The molecular weight excluding hydrogens is 546 g/mol. The maximum atomic E-state index is 12.8. The standard InChI is InChI=1S/C21H21ClF6N4O4.C2H6/c22-15-7-12(2-3-14(15)20(23,24)25)34-9-17(33)30-11-1-4-16(29-8-11)19-32-31-18(35-19)10-5-13(6-10)36-21(26,27)28;1-2/h2-3,7,10-11,13,16,29H,1,4-6,8-9H2,(H,30,33);1-2H3/t10?,11-,13?,16?;/m0./s1. The average molecular weight is 573 g/mol. The first-order valence-corrected chi connectivity index (χ1v) is 12.4. The van der Waals surface area contributed by atoms with Crippen LogP contribution in [0.5, 0.6) is 5.75 Å². The minimum Gasteiger partial charge on any atom is -0.484 e. The highest BCUT2D eigenvalue weighted by Gasteiger charge is 2.43. The molecule has 2 aromatic rings. The fourth-order valence-corrected chi connectivity index (χ4v) is 4.31. The van der Waals surface area contributed by atoms with E-state index in [1.165, 1.54) is 0 Å². The molecule has 2 fully saturated rings. The maximum absolute atomic E-state index is 12.8. The number of nitrogens with one attached hydrogen (secondary N) is 2. The van der Waals surface area contributed by atoms with E-state index in [2.05, 4.69) is 25.6 Å². The number of piperidine rings is 1. The number of amides is 1. The van der Waals surface area contributed by atoms with Gasteiger partial charge in [-0.25, -0.2) is 0 Å². The van der Waals surface area contributed by atoms with Crippen LogP contribution in [0.25, 0.3) is 0 Å². The highest BCUT2D eigenvalue weighted by Crippen LogP contribution is 2.41. The van der Waals surface area contributed by atoms with Gasteiger partial charge in [0.05, 0.1) is 22.7 Å². The quantitative estimate of drug-likeness (QED) is 0.421. The van der Waals surface area contributed by atoms with E-state index in [9.17, 15) is 31.1 Å². The number of halogens is 7. The number of hydrogen-bond acceptors (Lipinski definition) is 7. The van der Waals surface area contributed by atoms with Crippen LogP contribution in [0.2, 0.25) is 5.02 Å². The van der Waals surface area contributed by atoms with Gasteiger partial charge in [-0.05, 0) is 43.9 Å². The average Bonchev–Trinajstić information content (AvgIpc) is 3.30. The number of benzene rings is 1. The van der Waals surface area contributed by atoms with Crippen molar-refractivity contribution in [1.82, 2.24) is 20.8 Å². The molecule has 2 aliphatic rings. The Morgan fingerprint density at radius 1 is 1.13 bits per heavy atom. The summed E-state index contributed by atoms with van der Waals surface area (Å²) >= 11 is 5.64. The molecule has 38 heavy (non-hydrogen) atoms. The van der Waals surface area contributed by atoms with Crippen molar-refractivity contribution in [2.24, 2.45) is 0 Å². The lowest BCUT2D eigenvalue weighted by Gasteiger charge is -2.33. The fourth-order valence-electron chi connectivity index (χ4n) is 4.03. The van der Waals surface area contributed by atoms with E-state index in [1.807, 2.05) is 13.8 Å². The Labute approximate surface area is 219 Å². The number of carbonyl (C=O) groups is 1. The van der Waals surface area contributed by atoms with E-state index in [0.717, 1.165) is 18.2 Å². The molecule has 4 rings (SSSR count). The molecule has 8 nitrogen and oxygen atoms in total. The molecule has 0 bridgehead atoms. The Morgan fingerprint density at radius 2 is 1.82 bits per heavy atom. The number of nitrogens with zero attached hydrogens (tertiary/aromatic N) is 2. The molecular formula is C23H27ClF6N4O4. The number of rotatable bonds is 7. The molecule has 2 N–H and O–H groups in total. The van der Waals surface area contributed by atoms with Crippen molar-refractivity contribution in [1.29, 1.82) is 0 Å². The number of alkyl halides is 6. The first kappa shape index (κ1) is 30.0. The molecule has 1 aromatic carbocycles. The number of aromatic nitrogens is 2. The third kappa shape index (κ3) is 8.21. The van der Waals surface area contributed by atoms with Crippen molar-refractivity contribution in [2.75, 3.05) is 13.2 Å². The van der Waals surface area contributed by atoms with Crippen LogP contribution >= 0.6 is 11.6 Å². The molecule has 1 saturated carbocycles. The summed E-state index contributed by atoms with van der Waals surface area (Å²) in [6.07, 6.45) is -8.77. The van der Waals surface area contributed by atoms with Gasteiger partial charge in [0.25, 0.3) is 5.91 Å². The number of carbonyl (C=O) groups excluding carboxylic acids is 1. The van der Waals surface area contributed by atoms with Crippen LogP contribution in [0.1, 0.15) is 68.8 Å². The molecule has 2 heterocycles. The second-order valence-electron chi connectivity index (χ2n) is 8.56. The summed E-state index contributed by atoms with van der Waals surface area (Å²) in [6.45, 7) is 3.97. The molecule has 1 aliphatic heterocycles. The van der Waals surface area contributed by atoms with Gasteiger partial charge >= 0.3 is 12.5 Å². The monoisotopic (exact) mass is 572 g/mol. The smallest absolute Gasteiger partial charge is 0.484 e. The Hall–Kier alpha value is -2.58. The normalized spacial score (nSPS) is 23.6. The van der Waals surface area contributed by atoms with Crippen LogP contribution < -0.4 is 15.4 Å². The van der Waals surface area contributed by atoms with Gasteiger partial charge in [-0.15, -0.1) is 23.4 Å². The van der Waals surface area contributed by atoms with Crippen LogP contribution in [0.15, 0.2) is 22.6 Å². The van der Waals surface area contributed by atoms with Gasteiger partial charge in [-0.3, -0.25) is 9.53 Å². The van der Waals surface area contributed by atoms with E-state index in [4.69, 9.17) is 20.8 Å². The third-order valence-corrected chi connectivity index (χ3v) is 6.21. The fraction of sp³-hybridized carbons (Fsp3) is 0.609. The van der Waals surface area contributed by atoms with E-state index >= 15 is 0 Å². The molecule has 212 valence electrons. The van der Waals surface area contributed by atoms with Crippen molar-refractivity contribution < 1.29 is 45.0 Å². The van der Waals surface area contributed by atoms with Crippen LogP contribution in [-0.4, -0.2) is 47.8 Å². The predicted octanol–water partition coefficient (Wildman–Crippen LogP) is 5.54. The Bertz CT molecular complexity index is 1070. The third-order valence-electron chi connectivity index (χ3n) is 5.89. The summed E-state index contributed by atoms with van der Waals surface area (Å²) in [5.74, 6) is -0.132. The lowest BCUT2D eigenvalue weighted by molar-refractivity contribution is -0.352. The van der Waals surface area contributed by atoms with Crippen molar-refractivity contribution in [3.8, 4) is 5.75 Å². The first-order chi connectivity index (χ1) is 17.9. The summed E-state index contributed by atoms with van der Waals surface area (Å²) in [6, 6.07) is 2.36. The zero-order chi connectivity index (χ0) is 28.1. The minimum atomic E-state index is -4.67. The van der Waals surface area contributed by atoms with Crippen molar-refractivity contribution >= 4 is 17.5 Å². The molecule has 1 amide bonds. The van der Waals surface area contributed by atoms with Crippen molar-refractivity contribution in [3.05, 3.63) is 40.6 Å². The summed E-state index contributed by atoms with van der Waals surface area (Å²) in [4.78, 5) is 12.2. The van der Waals surface area contributed by atoms with E-state index in [1.54, 1.807) is 0 Å². The van der Waals surface area contributed by atoms with Gasteiger partial charge in [0.2, 0.25) is 11.8 Å². The number of ether oxygens (including phenoxy) is 2.